The lowest BCUT2D eigenvalue weighted by molar-refractivity contribution is 0.110. The maximum Gasteiger partial charge on any atom is 0.0507 e. The van der Waals surface area contributed by atoms with Crippen molar-refractivity contribution in [3.05, 3.63) is 0 Å². The summed E-state index contributed by atoms with van der Waals surface area (Å²) >= 11 is 0. The molecule has 0 aromatic rings. The first kappa shape index (κ1) is 10.4. The first-order valence-corrected chi connectivity index (χ1v) is 5.85. The largest absolute Gasteiger partial charge is 0.381 e. The summed E-state index contributed by atoms with van der Waals surface area (Å²) in [6.45, 7) is 6.59. The van der Waals surface area contributed by atoms with Gasteiger partial charge in [0.2, 0.25) is 0 Å². The van der Waals surface area contributed by atoms with E-state index in [-0.39, 0.29) is 0 Å². The first-order valence-electron chi connectivity index (χ1n) is 5.85. The molecule has 3 atom stereocenters. The maximum absolute atomic E-state index is 6.07. The number of likely N-dealkylation sites (tertiary alicyclic amines) is 1. The second-order valence-electron chi connectivity index (χ2n) is 4.77. The molecule has 0 amide bonds. The van der Waals surface area contributed by atoms with Gasteiger partial charge in [-0.1, -0.05) is 0 Å². The Balaban J connectivity index is 1.83. The molecule has 0 aromatic carbocycles. The summed E-state index contributed by atoms with van der Waals surface area (Å²) in [6.07, 6.45) is 3.69. The SMILES string of the molecule is CC1C(N)CCCN1CC1CCOC1. The molecule has 0 aromatic heterocycles. The Hall–Kier alpha value is -0.120. The average molecular weight is 198 g/mol. The number of piperidine rings is 1. The number of nitrogens with two attached hydrogens (primary N) is 1. The number of nitrogens with zero attached hydrogens (tertiary/aromatic N) is 1. The zero-order valence-corrected chi connectivity index (χ0v) is 9.11. The lowest BCUT2D eigenvalue weighted by atomic mass is 9.96. The van der Waals surface area contributed by atoms with Crippen molar-refractivity contribution in [2.75, 3.05) is 26.3 Å². The standard InChI is InChI=1S/C11H22N2O/c1-9-11(12)3-2-5-13(9)7-10-4-6-14-8-10/h9-11H,2-8,12H2,1H3. The number of rotatable bonds is 2. The molecule has 0 spiro atoms. The molecule has 3 unspecified atom stereocenters. The highest BCUT2D eigenvalue weighted by Gasteiger charge is 2.28. The highest BCUT2D eigenvalue weighted by molar-refractivity contribution is 4.85. The summed E-state index contributed by atoms with van der Waals surface area (Å²) in [6, 6.07) is 0.940. The van der Waals surface area contributed by atoms with Crippen LogP contribution in [0, 0.1) is 5.92 Å². The van der Waals surface area contributed by atoms with E-state index in [0.29, 0.717) is 12.1 Å². The summed E-state index contributed by atoms with van der Waals surface area (Å²) in [5.41, 5.74) is 6.07. The molecule has 0 saturated carbocycles. The van der Waals surface area contributed by atoms with E-state index < -0.39 is 0 Å². The summed E-state index contributed by atoms with van der Waals surface area (Å²) in [7, 11) is 0. The van der Waals surface area contributed by atoms with Gasteiger partial charge in [0, 0.05) is 25.2 Å². The third-order valence-electron chi connectivity index (χ3n) is 3.70. The van der Waals surface area contributed by atoms with E-state index in [1.54, 1.807) is 0 Å². The third-order valence-corrected chi connectivity index (χ3v) is 3.70. The van der Waals surface area contributed by atoms with Gasteiger partial charge in [-0.3, -0.25) is 4.90 Å². The van der Waals surface area contributed by atoms with Crippen LogP contribution in [0.4, 0.5) is 0 Å². The Kier molecular flexibility index (Phi) is 3.42. The Labute approximate surface area is 86.6 Å². The van der Waals surface area contributed by atoms with Crippen LogP contribution >= 0.6 is 0 Å². The van der Waals surface area contributed by atoms with Gasteiger partial charge in [-0.25, -0.2) is 0 Å². The van der Waals surface area contributed by atoms with Crippen molar-refractivity contribution >= 4 is 0 Å². The zero-order chi connectivity index (χ0) is 9.97. The van der Waals surface area contributed by atoms with Gasteiger partial charge < -0.3 is 10.5 Å². The van der Waals surface area contributed by atoms with Crippen LogP contribution in [0.5, 0.6) is 0 Å². The predicted molar refractivity (Wildman–Crippen MR) is 57.2 cm³/mol. The minimum Gasteiger partial charge on any atom is -0.381 e. The van der Waals surface area contributed by atoms with E-state index >= 15 is 0 Å². The summed E-state index contributed by atoms with van der Waals surface area (Å²) in [5, 5.41) is 0. The smallest absolute Gasteiger partial charge is 0.0507 e. The van der Waals surface area contributed by atoms with Gasteiger partial charge in [0.1, 0.15) is 0 Å². The van der Waals surface area contributed by atoms with Gasteiger partial charge in [-0.05, 0) is 38.6 Å². The lowest BCUT2D eigenvalue weighted by Crippen LogP contribution is -2.51. The molecule has 2 aliphatic heterocycles. The fraction of sp³-hybridized carbons (Fsp3) is 1.00. The van der Waals surface area contributed by atoms with Crippen LogP contribution in [0.25, 0.3) is 0 Å². The molecule has 0 bridgehead atoms. The maximum atomic E-state index is 6.07. The molecule has 2 fully saturated rings. The number of ether oxygens (including phenoxy) is 1. The Morgan fingerprint density at radius 1 is 1.43 bits per heavy atom. The Morgan fingerprint density at radius 3 is 3.00 bits per heavy atom. The molecule has 0 radical (unpaired) electrons. The summed E-state index contributed by atoms with van der Waals surface area (Å²) < 4.78 is 5.40. The number of hydrogen-bond donors (Lipinski definition) is 1. The molecular weight excluding hydrogens is 176 g/mol. The molecule has 2 aliphatic rings. The van der Waals surface area contributed by atoms with Crippen LogP contribution in [0.15, 0.2) is 0 Å². The summed E-state index contributed by atoms with van der Waals surface area (Å²) in [4.78, 5) is 2.55. The van der Waals surface area contributed by atoms with E-state index in [1.165, 1.54) is 32.4 Å². The van der Waals surface area contributed by atoms with E-state index in [9.17, 15) is 0 Å². The van der Waals surface area contributed by atoms with Gasteiger partial charge in [0.05, 0.1) is 6.61 Å². The minimum atomic E-state index is 0.381. The molecule has 14 heavy (non-hydrogen) atoms. The van der Waals surface area contributed by atoms with Gasteiger partial charge in [-0.2, -0.15) is 0 Å². The molecule has 2 rings (SSSR count). The molecule has 2 saturated heterocycles. The van der Waals surface area contributed by atoms with Crippen LogP contribution in [0.3, 0.4) is 0 Å². The van der Waals surface area contributed by atoms with Crippen molar-refractivity contribution in [2.45, 2.75) is 38.3 Å². The third kappa shape index (κ3) is 2.27. The Bertz CT molecular complexity index is 180. The number of hydrogen-bond acceptors (Lipinski definition) is 3. The van der Waals surface area contributed by atoms with Crippen molar-refractivity contribution < 1.29 is 4.74 Å². The van der Waals surface area contributed by atoms with E-state index in [2.05, 4.69) is 11.8 Å². The van der Waals surface area contributed by atoms with Crippen LogP contribution in [-0.4, -0.2) is 43.3 Å². The second kappa shape index (κ2) is 4.60. The monoisotopic (exact) mass is 198 g/mol. The molecule has 2 heterocycles. The second-order valence-corrected chi connectivity index (χ2v) is 4.77. The predicted octanol–water partition coefficient (Wildman–Crippen LogP) is 0.834. The molecular formula is C11H22N2O. The topological polar surface area (TPSA) is 38.5 Å². The van der Waals surface area contributed by atoms with Crippen molar-refractivity contribution in [2.24, 2.45) is 11.7 Å². The highest BCUT2D eigenvalue weighted by atomic mass is 16.5. The van der Waals surface area contributed by atoms with Gasteiger partial charge >= 0.3 is 0 Å². The molecule has 82 valence electrons. The quantitative estimate of drug-likeness (QED) is 0.714. The van der Waals surface area contributed by atoms with Crippen molar-refractivity contribution in [1.29, 1.82) is 0 Å². The fourth-order valence-electron chi connectivity index (χ4n) is 2.56. The van der Waals surface area contributed by atoms with Crippen molar-refractivity contribution in [3.8, 4) is 0 Å². The molecule has 0 aliphatic carbocycles. The van der Waals surface area contributed by atoms with Crippen LogP contribution in [0.1, 0.15) is 26.2 Å². The van der Waals surface area contributed by atoms with Crippen LogP contribution < -0.4 is 5.73 Å². The first-order chi connectivity index (χ1) is 6.77. The average Bonchev–Trinajstić information content (AvgIpc) is 2.66. The molecule has 3 nitrogen and oxygen atoms in total. The highest BCUT2D eigenvalue weighted by Crippen LogP contribution is 2.20. The normalized spacial score (nSPS) is 40.3. The van der Waals surface area contributed by atoms with Crippen molar-refractivity contribution in [3.63, 3.8) is 0 Å². The van der Waals surface area contributed by atoms with Crippen molar-refractivity contribution in [1.82, 2.24) is 4.90 Å². The minimum absolute atomic E-state index is 0.381. The van der Waals surface area contributed by atoms with Crippen LogP contribution in [-0.2, 0) is 4.74 Å². The van der Waals surface area contributed by atoms with E-state index in [0.717, 1.165) is 19.1 Å². The van der Waals surface area contributed by atoms with Gasteiger partial charge in [-0.15, -0.1) is 0 Å². The van der Waals surface area contributed by atoms with Gasteiger partial charge in [0.25, 0.3) is 0 Å². The van der Waals surface area contributed by atoms with Gasteiger partial charge in [0.15, 0.2) is 0 Å². The van der Waals surface area contributed by atoms with E-state index in [1.807, 2.05) is 0 Å². The van der Waals surface area contributed by atoms with Crippen LogP contribution in [0.2, 0.25) is 0 Å². The Morgan fingerprint density at radius 2 is 2.29 bits per heavy atom. The fourth-order valence-corrected chi connectivity index (χ4v) is 2.56. The zero-order valence-electron chi connectivity index (χ0n) is 9.11. The molecule has 2 N–H and O–H groups in total. The summed E-state index contributed by atoms with van der Waals surface area (Å²) in [5.74, 6) is 0.753. The lowest BCUT2D eigenvalue weighted by Gasteiger charge is -2.38. The molecule has 3 heteroatoms. The van der Waals surface area contributed by atoms with E-state index in [4.69, 9.17) is 10.5 Å².